The third kappa shape index (κ3) is 1.03. The van der Waals surface area contributed by atoms with Crippen LogP contribution in [0.2, 0.25) is 0 Å². The summed E-state index contributed by atoms with van der Waals surface area (Å²) in [5, 5.41) is 0. The van der Waals surface area contributed by atoms with Crippen molar-refractivity contribution in [1.29, 1.82) is 0 Å². The first-order chi connectivity index (χ1) is 5.93. The molecule has 2 heterocycles. The van der Waals surface area contributed by atoms with E-state index >= 15 is 0 Å². The molecule has 0 saturated carbocycles. The van der Waals surface area contributed by atoms with Crippen molar-refractivity contribution in [3.05, 3.63) is 12.1 Å². The zero-order valence-corrected chi connectivity index (χ0v) is 10.4. The van der Waals surface area contributed by atoms with Crippen LogP contribution in [0.3, 0.4) is 0 Å². The predicted molar refractivity (Wildman–Crippen MR) is 46.4 cm³/mol. The zero-order valence-electron chi connectivity index (χ0n) is 5.76. The second kappa shape index (κ2) is 2.75. The van der Waals surface area contributed by atoms with Gasteiger partial charge in [-0.1, -0.05) is 0 Å². The van der Waals surface area contributed by atoms with E-state index < -0.39 is 41.6 Å². The van der Waals surface area contributed by atoms with E-state index in [1.807, 2.05) is 12.1 Å². The summed E-state index contributed by atoms with van der Waals surface area (Å²) in [4.78, 5) is 0. The van der Waals surface area contributed by atoms with E-state index in [-0.39, 0.29) is 0 Å². The van der Waals surface area contributed by atoms with Crippen molar-refractivity contribution >= 4 is 64.0 Å². The fourth-order valence-electron chi connectivity index (χ4n) is 1.06. The standard InChI is InChI=1S/C6H2N4Te2/c1-3-5(9-11-7-3)2-6-4(1)8-12-10-6/h1-2H. The number of aromatic nitrogens is 2. The van der Waals surface area contributed by atoms with Crippen LogP contribution in [-0.4, -0.2) is 48.0 Å². The molecular formula is C6H2N4Te2. The zero-order chi connectivity index (χ0) is 7.97. The average Bonchev–Trinajstić information content (AvgIpc) is 2.64. The monoisotopic (exact) mass is 390 g/mol. The van der Waals surface area contributed by atoms with Gasteiger partial charge in [0, 0.05) is 0 Å². The fourth-order valence-corrected chi connectivity index (χ4v) is 3.97. The van der Waals surface area contributed by atoms with Gasteiger partial charge in [0.15, 0.2) is 0 Å². The normalized spacial score (nSPS) is 13.3. The third-order valence-electron chi connectivity index (χ3n) is 1.63. The molecule has 4 nitrogen and oxygen atoms in total. The van der Waals surface area contributed by atoms with Gasteiger partial charge in [0.1, 0.15) is 0 Å². The van der Waals surface area contributed by atoms with Crippen LogP contribution in [0.25, 0.3) is 11.0 Å². The SMILES string of the molecule is c1c2c(cc3n[te]nc13)N=[Te]=N2. The molecule has 0 N–H and O–H groups in total. The van der Waals surface area contributed by atoms with Crippen LogP contribution >= 0.6 is 0 Å². The Bertz CT molecular complexity index is 481. The molecule has 1 aliphatic rings. The van der Waals surface area contributed by atoms with E-state index in [0.717, 1.165) is 22.4 Å². The molecule has 0 atom stereocenters. The van der Waals surface area contributed by atoms with Crippen LogP contribution in [0.15, 0.2) is 18.5 Å². The Morgan fingerprint density at radius 1 is 0.917 bits per heavy atom. The Hall–Kier alpha value is -0.000779. The summed E-state index contributed by atoms with van der Waals surface area (Å²) >= 11 is -0.954. The molecule has 0 bridgehead atoms. The molecule has 0 fully saturated rings. The Labute approximate surface area is 88.2 Å². The molecule has 3 rings (SSSR count). The molecule has 6 heteroatoms. The van der Waals surface area contributed by atoms with Crippen LogP contribution in [0.1, 0.15) is 0 Å². The van der Waals surface area contributed by atoms with E-state index in [4.69, 9.17) is 0 Å². The Morgan fingerprint density at radius 3 is 2.08 bits per heavy atom. The second-order valence-electron chi connectivity index (χ2n) is 2.36. The van der Waals surface area contributed by atoms with Crippen molar-refractivity contribution in [3.63, 3.8) is 0 Å². The first-order valence-electron chi connectivity index (χ1n) is 3.28. The number of hydrogen-bond acceptors (Lipinski definition) is 4. The van der Waals surface area contributed by atoms with Crippen molar-refractivity contribution in [1.82, 2.24) is 6.41 Å². The van der Waals surface area contributed by atoms with Crippen molar-refractivity contribution in [3.8, 4) is 0 Å². The van der Waals surface area contributed by atoms with Gasteiger partial charge in [0.2, 0.25) is 0 Å². The number of benzene rings is 1. The molecule has 1 aliphatic heterocycles. The van der Waals surface area contributed by atoms with Crippen molar-refractivity contribution in [2.45, 2.75) is 0 Å². The van der Waals surface area contributed by atoms with Crippen molar-refractivity contribution < 1.29 is 0 Å². The minimum absolute atomic E-state index is 0.477. The van der Waals surface area contributed by atoms with E-state index in [0.29, 0.717) is 0 Å². The first kappa shape index (κ1) is 7.41. The summed E-state index contributed by atoms with van der Waals surface area (Å²) < 4.78 is 17.4. The molecule has 2 aromatic rings. The summed E-state index contributed by atoms with van der Waals surface area (Å²) in [5.41, 5.74) is 4.13. The Kier molecular flexibility index (Phi) is 1.70. The van der Waals surface area contributed by atoms with Gasteiger partial charge in [-0.2, -0.15) is 0 Å². The van der Waals surface area contributed by atoms with Crippen LogP contribution in [0.5, 0.6) is 0 Å². The van der Waals surface area contributed by atoms with Crippen LogP contribution < -0.4 is 0 Å². The molecule has 0 aliphatic carbocycles. The minimum atomic E-state index is -0.477. The van der Waals surface area contributed by atoms with Gasteiger partial charge < -0.3 is 0 Å². The topological polar surface area (TPSA) is 50.5 Å². The number of rotatable bonds is 0. The number of fused-ring (bicyclic) bond motifs is 2. The molecule has 0 saturated heterocycles. The maximum atomic E-state index is 4.35. The number of nitrogens with zero attached hydrogens (tertiary/aromatic N) is 4. The molecule has 0 amide bonds. The van der Waals surface area contributed by atoms with Gasteiger partial charge in [0.25, 0.3) is 0 Å². The van der Waals surface area contributed by atoms with Crippen molar-refractivity contribution in [2.75, 3.05) is 0 Å². The molecule has 0 radical (unpaired) electrons. The summed E-state index contributed by atoms with van der Waals surface area (Å²) in [6, 6.07) is 4.04. The predicted octanol–water partition coefficient (Wildman–Crippen LogP) is 1.03. The molecular weight excluding hydrogens is 383 g/mol. The maximum absolute atomic E-state index is 4.35. The van der Waals surface area contributed by atoms with Gasteiger partial charge in [-0.25, -0.2) is 0 Å². The van der Waals surface area contributed by atoms with Crippen LogP contribution in [0.4, 0.5) is 11.4 Å². The Morgan fingerprint density at radius 2 is 1.50 bits per heavy atom. The van der Waals surface area contributed by atoms with E-state index in [9.17, 15) is 0 Å². The summed E-state index contributed by atoms with van der Waals surface area (Å²) in [7, 11) is 0. The van der Waals surface area contributed by atoms with Gasteiger partial charge in [-0.15, -0.1) is 0 Å². The van der Waals surface area contributed by atoms with Gasteiger partial charge in [-0.3, -0.25) is 0 Å². The average molecular weight is 385 g/mol. The summed E-state index contributed by atoms with van der Waals surface area (Å²) in [5.74, 6) is 0. The first-order valence-corrected chi connectivity index (χ1v) is 7.45. The van der Waals surface area contributed by atoms with Crippen LogP contribution in [0, 0.1) is 0 Å². The molecule has 0 unspecified atom stereocenters. The van der Waals surface area contributed by atoms with E-state index in [1.165, 1.54) is 0 Å². The van der Waals surface area contributed by atoms with E-state index in [1.54, 1.807) is 0 Å². The second-order valence-corrected chi connectivity index (χ2v) is 5.37. The van der Waals surface area contributed by atoms with Crippen LogP contribution in [-0.2, 0) is 0 Å². The van der Waals surface area contributed by atoms with Gasteiger partial charge in [-0.05, 0) is 0 Å². The number of hydrogen-bond donors (Lipinski definition) is 0. The third-order valence-corrected chi connectivity index (χ3v) is 4.81. The molecule has 1 aromatic carbocycles. The van der Waals surface area contributed by atoms with Crippen molar-refractivity contribution in [2.24, 2.45) is 6.37 Å². The fraction of sp³-hybridized carbons (Fsp3) is 0. The van der Waals surface area contributed by atoms with Gasteiger partial charge in [0.05, 0.1) is 0 Å². The van der Waals surface area contributed by atoms with E-state index in [2.05, 4.69) is 12.8 Å². The summed E-state index contributed by atoms with van der Waals surface area (Å²) in [6.45, 7) is 0. The summed E-state index contributed by atoms with van der Waals surface area (Å²) in [6.07, 6.45) is 0. The Balaban J connectivity index is 2.48. The molecule has 0 spiro atoms. The quantitative estimate of drug-likeness (QED) is 0.543. The molecule has 12 heavy (non-hydrogen) atoms. The molecule has 1 aromatic heterocycles. The molecule has 58 valence electrons. The van der Waals surface area contributed by atoms with Gasteiger partial charge >= 0.3 is 88.9 Å².